The molecule has 2 N–H and O–H groups in total. The van der Waals surface area contributed by atoms with Crippen LogP contribution in [0.25, 0.3) is 11.0 Å². The van der Waals surface area contributed by atoms with Crippen LogP contribution in [0.4, 0.5) is 0 Å². The summed E-state index contributed by atoms with van der Waals surface area (Å²) in [5.41, 5.74) is 1.76. The summed E-state index contributed by atoms with van der Waals surface area (Å²) in [6.45, 7) is 5.02. The molecule has 1 fully saturated rings. The van der Waals surface area contributed by atoms with Crippen molar-refractivity contribution in [2.24, 2.45) is 5.41 Å². The Morgan fingerprint density at radius 2 is 2.04 bits per heavy atom. The molecule has 0 unspecified atom stereocenters. The molecule has 1 aromatic carbocycles. The Morgan fingerprint density at radius 1 is 1.33 bits per heavy atom. The second kappa shape index (κ2) is 6.93. The normalized spacial score (nSPS) is 15.0. The number of nitrogens with one attached hydrogen (secondary N) is 1. The molecule has 3 rings (SSSR count). The van der Waals surface area contributed by atoms with Gasteiger partial charge in [-0.1, -0.05) is 26.0 Å². The van der Waals surface area contributed by atoms with Crippen molar-refractivity contribution in [2.45, 2.75) is 52.0 Å². The van der Waals surface area contributed by atoms with Crippen LogP contribution in [0.15, 0.2) is 24.3 Å². The quantitative estimate of drug-likeness (QED) is 0.782. The van der Waals surface area contributed by atoms with Crippen molar-refractivity contribution in [3.8, 4) is 0 Å². The average Bonchev–Trinajstić information content (AvgIpc) is 3.40. The Hall–Kier alpha value is -1.88. The fraction of sp³-hybridized carbons (Fsp3) is 0.579. The van der Waals surface area contributed by atoms with Gasteiger partial charge in [0.1, 0.15) is 12.4 Å². The molecule has 5 heteroatoms. The van der Waals surface area contributed by atoms with Crippen LogP contribution in [0, 0.1) is 5.41 Å². The van der Waals surface area contributed by atoms with Gasteiger partial charge in [0.2, 0.25) is 5.91 Å². The summed E-state index contributed by atoms with van der Waals surface area (Å²) in [4.78, 5) is 17.2. The lowest BCUT2D eigenvalue weighted by Crippen LogP contribution is -2.40. The van der Waals surface area contributed by atoms with Gasteiger partial charge in [-0.15, -0.1) is 0 Å². The van der Waals surface area contributed by atoms with E-state index in [1.54, 1.807) is 0 Å². The van der Waals surface area contributed by atoms with Gasteiger partial charge in [-0.05, 0) is 37.8 Å². The minimum absolute atomic E-state index is 0.0141. The third kappa shape index (κ3) is 3.31. The van der Waals surface area contributed by atoms with E-state index >= 15 is 0 Å². The number of rotatable bonds is 8. The molecular weight excluding hydrogens is 302 g/mol. The SMILES string of the molecule is CCC(CC)(CO)CNC(=O)Cn1c(C2CC2)nc2ccccc21. The number of para-hydroxylation sites is 2. The fourth-order valence-corrected chi connectivity index (χ4v) is 3.18. The standard InChI is InChI=1S/C19H27N3O2/c1-3-19(4-2,13-23)12-20-17(24)11-22-16-8-6-5-7-15(16)21-18(22)14-9-10-14/h5-8,14,23H,3-4,9-13H2,1-2H3,(H,20,24). The Labute approximate surface area is 143 Å². The zero-order chi connectivity index (χ0) is 17.2. The minimum atomic E-state index is -0.216. The Kier molecular flexibility index (Phi) is 4.90. The largest absolute Gasteiger partial charge is 0.396 e. The third-order valence-electron chi connectivity index (χ3n) is 5.42. The van der Waals surface area contributed by atoms with E-state index in [-0.39, 0.29) is 17.9 Å². The first-order chi connectivity index (χ1) is 11.6. The molecule has 1 aromatic heterocycles. The summed E-state index contributed by atoms with van der Waals surface area (Å²) in [5.74, 6) is 1.51. The van der Waals surface area contributed by atoms with Crippen LogP contribution >= 0.6 is 0 Å². The lowest BCUT2D eigenvalue weighted by molar-refractivity contribution is -0.122. The fourth-order valence-electron chi connectivity index (χ4n) is 3.18. The second-order valence-electron chi connectivity index (χ2n) is 6.96. The van der Waals surface area contributed by atoms with E-state index in [1.807, 2.05) is 24.3 Å². The van der Waals surface area contributed by atoms with Gasteiger partial charge >= 0.3 is 0 Å². The number of fused-ring (bicyclic) bond motifs is 1. The van der Waals surface area contributed by atoms with Crippen LogP contribution in [0.1, 0.15) is 51.3 Å². The van der Waals surface area contributed by atoms with Crippen LogP contribution in [-0.4, -0.2) is 33.7 Å². The van der Waals surface area contributed by atoms with Crippen molar-refractivity contribution >= 4 is 16.9 Å². The molecule has 1 aliphatic rings. The van der Waals surface area contributed by atoms with Crippen molar-refractivity contribution < 1.29 is 9.90 Å². The molecule has 1 amide bonds. The maximum atomic E-state index is 12.5. The number of imidazole rings is 1. The Balaban J connectivity index is 1.75. The first-order valence-corrected chi connectivity index (χ1v) is 8.95. The molecule has 0 atom stereocenters. The number of amides is 1. The number of aliphatic hydroxyl groups excluding tert-OH is 1. The molecule has 0 aliphatic heterocycles. The van der Waals surface area contributed by atoms with Crippen molar-refractivity contribution in [3.05, 3.63) is 30.1 Å². The van der Waals surface area contributed by atoms with Crippen LogP contribution in [0.3, 0.4) is 0 Å². The smallest absolute Gasteiger partial charge is 0.240 e. The average molecular weight is 329 g/mol. The number of aliphatic hydroxyl groups is 1. The molecule has 130 valence electrons. The summed E-state index contributed by atoms with van der Waals surface area (Å²) in [7, 11) is 0. The van der Waals surface area contributed by atoms with E-state index in [0.29, 0.717) is 19.0 Å². The molecule has 0 spiro atoms. The van der Waals surface area contributed by atoms with Crippen LogP contribution < -0.4 is 5.32 Å². The molecule has 0 saturated heterocycles. The maximum absolute atomic E-state index is 12.5. The molecule has 1 aliphatic carbocycles. The topological polar surface area (TPSA) is 67.2 Å². The Morgan fingerprint density at radius 3 is 2.67 bits per heavy atom. The number of carbonyl (C=O) groups excluding carboxylic acids is 1. The summed E-state index contributed by atoms with van der Waals surface area (Å²) < 4.78 is 2.06. The second-order valence-corrected chi connectivity index (χ2v) is 6.96. The number of benzene rings is 1. The minimum Gasteiger partial charge on any atom is -0.396 e. The van der Waals surface area contributed by atoms with Gasteiger partial charge in [0.05, 0.1) is 17.6 Å². The van der Waals surface area contributed by atoms with Crippen molar-refractivity contribution in [1.82, 2.24) is 14.9 Å². The lowest BCUT2D eigenvalue weighted by atomic mass is 9.83. The zero-order valence-corrected chi connectivity index (χ0v) is 14.6. The molecule has 5 nitrogen and oxygen atoms in total. The van der Waals surface area contributed by atoms with Crippen LogP contribution in [-0.2, 0) is 11.3 Å². The summed E-state index contributed by atoms with van der Waals surface area (Å²) in [6, 6.07) is 7.99. The highest BCUT2D eigenvalue weighted by atomic mass is 16.3. The van der Waals surface area contributed by atoms with Crippen molar-refractivity contribution in [2.75, 3.05) is 13.2 Å². The van der Waals surface area contributed by atoms with Crippen LogP contribution in [0.5, 0.6) is 0 Å². The van der Waals surface area contributed by atoms with Gasteiger partial charge in [-0.2, -0.15) is 0 Å². The van der Waals surface area contributed by atoms with Gasteiger partial charge in [0.25, 0.3) is 0 Å². The molecule has 1 saturated carbocycles. The Bertz CT molecular complexity index is 706. The van der Waals surface area contributed by atoms with E-state index in [1.165, 1.54) is 0 Å². The van der Waals surface area contributed by atoms with E-state index in [2.05, 4.69) is 23.7 Å². The zero-order valence-electron chi connectivity index (χ0n) is 14.6. The number of hydrogen-bond donors (Lipinski definition) is 2. The summed E-state index contributed by atoms with van der Waals surface area (Å²) >= 11 is 0. The molecule has 24 heavy (non-hydrogen) atoms. The predicted molar refractivity (Wildman–Crippen MR) is 94.8 cm³/mol. The summed E-state index contributed by atoms with van der Waals surface area (Å²) in [6.07, 6.45) is 4.01. The van der Waals surface area contributed by atoms with E-state index in [0.717, 1.165) is 42.5 Å². The first kappa shape index (κ1) is 17.0. The molecule has 1 heterocycles. The monoisotopic (exact) mass is 329 g/mol. The predicted octanol–water partition coefficient (Wildman–Crippen LogP) is 2.83. The number of hydrogen-bond acceptors (Lipinski definition) is 3. The number of nitrogens with zero attached hydrogens (tertiary/aromatic N) is 2. The molecule has 0 bridgehead atoms. The molecule has 0 radical (unpaired) electrons. The first-order valence-electron chi connectivity index (χ1n) is 8.95. The number of aromatic nitrogens is 2. The van der Waals surface area contributed by atoms with E-state index in [4.69, 9.17) is 4.98 Å². The van der Waals surface area contributed by atoms with Crippen LogP contribution in [0.2, 0.25) is 0 Å². The lowest BCUT2D eigenvalue weighted by Gasteiger charge is -2.29. The molecular formula is C19H27N3O2. The highest BCUT2D eigenvalue weighted by molar-refractivity contribution is 5.81. The summed E-state index contributed by atoms with van der Waals surface area (Å²) in [5, 5.41) is 12.7. The van der Waals surface area contributed by atoms with Crippen molar-refractivity contribution in [1.29, 1.82) is 0 Å². The van der Waals surface area contributed by atoms with Gasteiger partial charge < -0.3 is 15.0 Å². The van der Waals surface area contributed by atoms with Gasteiger partial charge in [-0.25, -0.2) is 4.98 Å². The third-order valence-corrected chi connectivity index (χ3v) is 5.42. The number of carbonyl (C=O) groups is 1. The maximum Gasteiger partial charge on any atom is 0.240 e. The van der Waals surface area contributed by atoms with E-state index in [9.17, 15) is 9.90 Å². The van der Waals surface area contributed by atoms with Gasteiger partial charge in [-0.3, -0.25) is 4.79 Å². The van der Waals surface area contributed by atoms with E-state index < -0.39 is 0 Å². The van der Waals surface area contributed by atoms with Crippen molar-refractivity contribution in [3.63, 3.8) is 0 Å². The molecule has 2 aromatic rings. The van der Waals surface area contributed by atoms with Gasteiger partial charge in [0, 0.05) is 17.9 Å². The highest BCUT2D eigenvalue weighted by Crippen LogP contribution is 2.40. The van der Waals surface area contributed by atoms with Gasteiger partial charge in [0.15, 0.2) is 0 Å². The highest BCUT2D eigenvalue weighted by Gasteiger charge is 2.30.